The van der Waals surface area contributed by atoms with E-state index >= 15 is 0 Å². The predicted molar refractivity (Wildman–Crippen MR) is 302 cm³/mol. The first-order valence-electron chi connectivity index (χ1n) is 26.7. The van der Waals surface area contributed by atoms with Crippen LogP contribution in [0.2, 0.25) is 0 Å². The molecule has 0 N–H and O–H groups in total. The molecule has 0 aliphatic heterocycles. The lowest BCUT2D eigenvalue weighted by atomic mass is 9.70. The number of nitrogens with zero attached hydrogens (tertiary/aromatic N) is 2. The van der Waals surface area contributed by atoms with Gasteiger partial charge in [0.05, 0.1) is 11.4 Å². The summed E-state index contributed by atoms with van der Waals surface area (Å²) in [6.45, 7) is 30.6. The van der Waals surface area contributed by atoms with Crippen LogP contribution in [0.25, 0.3) is 21.5 Å². The van der Waals surface area contributed by atoms with Crippen molar-refractivity contribution in [2.45, 2.75) is 187 Å². The lowest BCUT2D eigenvalue weighted by Gasteiger charge is -2.37. The highest BCUT2D eigenvalue weighted by Gasteiger charge is 2.34. The van der Waals surface area contributed by atoms with Gasteiger partial charge in [0.2, 0.25) is 0 Å². The standard InChI is InChI=1S/C67H82N2/c1-46(2)47-20-30-53(31-21-47)68(54-32-22-48(23-33-54)63(3,4)5)61-57-38-28-52(67(13)42-18-15-19-43-67)45-60(57)62(58-39-29-51(44-59(58)61)66(12)40-16-14-17-41-66)69(55-34-24-49(25-35-55)64(6,7)8)56-36-26-50(27-37-56)65(9,10)11/h20-39,44-46H,14-19,40-43H2,1-13H3. The van der Waals surface area contributed by atoms with Crippen LogP contribution in [0, 0.1) is 0 Å². The van der Waals surface area contributed by atoms with Crippen molar-refractivity contribution in [1.29, 1.82) is 0 Å². The molecule has 2 fully saturated rings. The highest BCUT2D eigenvalue weighted by atomic mass is 15.2. The average Bonchev–Trinajstić information content (AvgIpc) is 3.32. The molecule has 2 heteroatoms. The fourth-order valence-electron chi connectivity index (χ4n) is 11.8. The highest BCUT2D eigenvalue weighted by molar-refractivity contribution is 6.23. The molecule has 360 valence electrons. The van der Waals surface area contributed by atoms with E-state index in [1.54, 1.807) is 0 Å². The molecular formula is C67H82N2. The Bertz CT molecular complexity index is 2840. The van der Waals surface area contributed by atoms with Crippen LogP contribution in [-0.2, 0) is 27.1 Å². The van der Waals surface area contributed by atoms with Gasteiger partial charge < -0.3 is 9.80 Å². The summed E-state index contributed by atoms with van der Waals surface area (Å²) < 4.78 is 0. The lowest BCUT2D eigenvalue weighted by Crippen LogP contribution is -2.25. The number of hydrogen-bond acceptors (Lipinski definition) is 2. The van der Waals surface area contributed by atoms with Crippen molar-refractivity contribution < 1.29 is 0 Å². The maximum atomic E-state index is 2.64. The van der Waals surface area contributed by atoms with E-state index in [0.717, 1.165) is 0 Å². The minimum atomic E-state index is 0.0383. The maximum absolute atomic E-state index is 2.64. The van der Waals surface area contributed by atoms with E-state index in [1.165, 1.54) is 153 Å². The van der Waals surface area contributed by atoms with Gasteiger partial charge in [-0.25, -0.2) is 0 Å². The number of hydrogen-bond donors (Lipinski definition) is 0. The van der Waals surface area contributed by atoms with Crippen LogP contribution in [0.15, 0.2) is 133 Å². The average molecular weight is 915 g/mol. The maximum Gasteiger partial charge on any atom is 0.0620 e. The van der Waals surface area contributed by atoms with Crippen molar-refractivity contribution >= 4 is 55.7 Å². The van der Waals surface area contributed by atoms with Gasteiger partial charge in [0.15, 0.2) is 0 Å². The molecule has 69 heavy (non-hydrogen) atoms. The van der Waals surface area contributed by atoms with Gasteiger partial charge >= 0.3 is 0 Å². The summed E-state index contributed by atoms with van der Waals surface area (Å²) in [5.74, 6) is 0.443. The zero-order valence-corrected chi connectivity index (χ0v) is 44.7. The second kappa shape index (κ2) is 18.4. The van der Waals surface area contributed by atoms with Gasteiger partial charge in [-0.2, -0.15) is 0 Å². The molecule has 0 heterocycles. The highest BCUT2D eigenvalue weighted by Crippen LogP contribution is 2.54. The quantitative estimate of drug-likeness (QED) is 0.105. The van der Waals surface area contributed by atoms with Gasteiger partial charge in [-0.05, 0) is 153 Å². The zero-order valence-electron chi connectivity index (χ0n) is 44.7. The van der Waals surface area contributed by atoms with Crippen LogP contribution < -0.4 is 9.80 Å². The summed E-state index contributed by atoms with van der Waals surface area (Å²) >= 11 is 0. The Morgan fingerprint density at radius 1 is 0.362 bits per heavy atom. The summed E-state index contributed by atoms with van der Waals surface area (Å²) in [5, 5.41) is 5.16. The van der Waals surface area contributed by atoms with Crippen molar-refractivity contribution in [3.8, 4) is 0 Å². The Balaban J connectivity index is 1.45. The molecule has 2 saturated carbocycles. The molecule has 2 aliphatic carbocycles. The van der Waals surface area contributed by atoms with Crippen LogP contribution in [0.5, 0.6) is 0 Å². The summed E-state index contributed by atoms with van der Waals surface area (Å²) in [4.78, 5) is 5.22. The first-order valence-corrected chi connectivity index (χ1v) is 26.7. The van der Waals surface area contributed by atoms with Gasteiger partial charge in [-0.1, -0.05) is 201 Å². The summed E-state index contributed by atoms with van der Waals surface area (Å²) in [6.07, 6.45) is 12.7. The molecule has 7 aromatic carbocycles. The summed E-state index contributed by atoms with van der Waals surface area (Å²) in [6, 6.07) is 53.3. The van der Waals surface area contributed by atoms with Crippen LogP contribution in [0.4, 0.5) is 34.1 Å². The molecule has 2 aliphatic rings. The lowest BCUT2D eigenvalue weighted by molar-refractivity contribution is 0.320. The second-order valence-corrected chi connectivity index (χ2v) is 25.3. The molecule has 0 radical (unpaired) electrons. The molecule has 0 saturated heterocycles. The first-order chi connectivity index (χ1) is 32.6. The molecule has 0 spiro atoms. The zero-order chi connectivity index (χ0) is 49.1. The second-order valence-electron chi connectivity index (χ2n) is 25.3. The third-order valence-electron chi connectivity index (χ3n) is 16.6. The molecule has 7 aromatic rings. The van der Waals surface area contributed by atoms with Crippen LogP contribution in [0.1, 0.15) is 194 Å². The number of rotatable bonds is 9. The van der Waals surface area contributed by atoms with Crippen LogP contribution >= 0.6 is 0 Å². The number of benzene rings is 7. The topological polar surface area (TPSA) is 6.48 Å². The van der Waals surface area contributed by atoms with Crippen LogP contribution in [-0.4, -0.2) is 0 Å². The Morgan fingerprint density at radius 2 is 0.652 bits per heavy atom. The molecule has 0 aromatic heterocycles. The van der Waals surface area contributed by atoms with Gasteiger partial charge in [-0.15, -0.1) is 0 Å². The van der Waals surface area contributed by atoms with Gasteiger partial charge in [0.1, 0.15) is 0 Å². The SMILES string of the molecule is CC(C)c1ccc(N(c2ccc(C(C)(C)C)cc2)c2c3ccc(C4(C)CCCCC4)cc3c(N(c3ccc(C(C)(C)C)cc3)c3ccc(C(C)(C)C)cc3)c3ccc(C4(C)CCCCC4)cc23)cc1. The third kappa shape index (κ3) is 9.64. The van der Waals surface area contributed by atoms with Crippen molar-refractivity contribution in [3.63, 3.8) is 0 Å². The molecule has 0 atom stereocenters. The fraction of sp³-hybridized carbons (Fsp3) is 0.433. The van der Waals surface area contributed by atoms with E-state index in [-0.39, 0.29) is 27.1 Å². The number of anilines is 6. The fourth-order valence-corrected chi connectivity index (χ4v) is 11.8. The Kier molecular flexibility index (Phi) is 13.0. The molecular weight excluding hydrogens is 833 g/mol. The van der Waals surface area contributed by atoms with E-state index in [4.69, 9.17) is 0 Å². The molecule has 9 rings (SSSR count). The van der Waals surface area contributed by atoms with E-state index in [0.29, 0.717) is 5.92 Å². The molecule has 2 nitrogen and oxygen atoms in total. The molecule has 0 unspecified atom stereocenters. The van der Waals surface area contributed by atoms with Gasteiger partial charge in [-0.3, -0.25) is 0 Å². The first kappa shape index (κ1) is 48.7. The Hall–Kier alpha value is -5.34. The van der Waals surface area contributed by atoms with E-state index in [1.807, 2.05) is 0 Å². The Morgan fingerprint density at radius 3 is 0.928 bits per heavy atom. The van der Waals surface area contributed by atoms with Gasteiger partial charge in [0.25, 0.3) is 0 Å². The van der Waals surface area contributed by atoms with E-state index < -0.39 is 0 Å². The van der Waals surface area contributed by atoms with Gasteiger partial charge in [0, 0.05) is 44.3 Å². The summed E-state index contributed by atoms with van der Waals surface area (Å²) in [5.41, 5.74) is 15.9. The van der Waals surface area contributed by atoms with E-state index in [9.17, 15) is 0 Å². The predicted octanol–water partition coefficient (Wildman–Crippen LogP) is 20.4. The smallest absolute Gasteiger partial charge is 0.0620 e. The van der Waals surface area contributed by atoms with Crippen LogP contribution in [0.3, 0.4) is 0 Å². The van der Waals surface area contributed by atoms with Crippen molar-refractivity contribution in [3.05, 3.63) is 167 Å². The normalized spacial score (nSPS) is 16.6. The number of fused-ring (bicyclic) bond motifs is 2. The Labute approximate surface area is 417 Å². The van der Waals surface area contributed by atoms with Crippen molar-refractivity contribution in [2.24, 2.45) is 0 Å². The van der Waals surface area contributed by atoms with Crippen molar-refractivity contribution in [2.75, 3.05) is 9.80 Å². The minimum Gasteiger partial charge on any atom is -0.309 e. The minimum absolute atomic E-state index is 0.0383. The third-order valence-corrected chi connectivity index (χ3v) is 16.6. The monoisotopic (exact) mass is 915 g/mol. The van der Waals surface area contributed by atoms with Crippen molar-refractivity contribution in [1.82, 2.24) is 0 Å². The molecule has 0 amide bonds. The largest absolute Gasteiger partial charge is 0.309 e. The molecule has 0 bridgehead atoms. The summed E-state index contributed by atoms with van der Waals surface area (Å²) in [7, 11) is 0. The van der Waals surface area contributed by atoms with E-state index in [2.05, 4.69) is 233 Å².